The standard InChI is InChI=1S/C14H24N2O/c1-10(2)12-5-4-6-13(8-12)15-9-14-7-11(3)16-17-14/h7,10,12-13,15H,4-6,8-9H2,1-3H3. The van der Waals surface area contributed by atoms with Crippen molar-refractivity contribution >= 4 is 0 Å². The van der Waals surface area contributed by atoms with Gasteiger partial charge in [0.15, 0.2) is 5.76 Å². The van der Waals surface area contributed by atoms with Crippen molar-refractivity contribution < 1.29 is 4.52 Å². The van der Waals surface area contributed by atoms with Crippen LogP contribution in [0.1, 0.15) is 51.0 Å². The van der Waals surface area contributed by atoms with E-state index >= 15 is 0 Å². The topological polar surface area (TPSA) is 38.1 Å². The molecule has 1 aromatic heterocycles. The summed E-state index contributed by atoms with van der Waals surface area (Å²) >= 11 is 0. The van der Waals surface area contributed by atoms with Gasteiger partial charge in [0.25, 0.3) is 0 Å². The molecule has 2 unspecified atom stereocenters. The summed E-state index contributed by atoms with van der Waals surface area (Å²) in [5.74, 6) is 2.65. The molecule has 17 heavy (non-hydrogen) atoms. The Kier molecular flexibility index (Phi) is 4.21. The average molecular weight is 236 g/mol. The molecule has 0 radical (unpaired) electrons. The van der Waals surface area contributed by atoms with Gasteiger partial charge in [0.05, 0.1) is 12.2 Å². The van der Waals surface area contributed by atoms with Gasteiger partial charge in [-0.05, 0) is 31.6 Å². The van der Waals surface area contributed by atoms with Crippen LogP contribution >= 0.6 is 0 Å². The fourth-order valence-electron chi connectivity index (χ4n) is 2.76. The van der Waals surface area contributed by atoms with Gasteiger partial charge in [0.2, 0.25) is 0 Å². The number of rotatable bonds is 4. The first-order chi connectivity index (χ1) is 8.15. The molecule has 0 aliphatic heterocycles. The van der Waals surface area contributed by atoms with E-state index in [0.29, 0.717) is 6.04 Å². The van der Waals surface area contributed by atoms with E-state index in [9.17, 15) is 0 Å². The van der Waals surface area contributed by atoms with Gasteiger partial charge in [-0.3, -0.25) is 0 Å². The third-order valence-corrected chi connectivity index (χ3v) is 3.90. The van der Waals surface area contributed by atoms with E-state index in [1.54, 1.807) is 0 Å². The number of hydrogen-bond acceptors (Lipinski definition) is 3. The average Bonchev–Trinajstić information content (AvgIpc) is 2.73. The lowest BCUT2D eigenvalue weighted by Gasteiger charge is -2.32. The first-order valence-electron chi connectivity index (χ1n) is 6.80. The number of hydrogen-bond donors (Lipinski definition) is 1. The molecular formula is C14H24N2O. The van der Waals surface area contributed by atoms with Gasteiger partial charge in [0, 0.05) is 12.1 Å². The van der Waals surface area contributed by atoms with E-state index in [1.165, 1.54) is 25.7 Å². The van der Waals surface area contributed by atoms with Crippen LogP contribution in [0.15, 0.2) is 10.6 Å². The fraction of sp³-hybridized carbons (Fsp3) is 0.786. The molecular weight excluding hydrogens is 212 g/mol. The predicted molar refractivity (Wildman–Crippen MR) is 68.7 cm³/mol. The Balaban J connectivity index is 1.79. The van der Waals surface area contributed by atoms with Crippen LogP contribution in [0.25, 0.3) is 0 Å². The van der Waals surface area contributed by atoms with Gasteiger partial charge < -0.3 is 9.84 Å². The van der Waals surface area contributed by atoms with Crippen LogP contribution in [0.2, 0.25) is 0 Å². The van der Waals surface area contributed by atoms with E-state index in [1.807, 2.05) is 13.0 Å². The van der Waals surface area contributed by atoms with Crippen LogP contribution in [0.4, 0.5) is 0 Å². The van der Waals surface area contributed by atoms with Crippen molar-refractivity contribution in [1.29, 1.82) is 0 Å². The molecule has 1 aromatic rings. The Hall–Kier alpha value is -0.830. The molecule has 0 bridgehead atoms. The van der Waals surface area contributed by atoms with Crippen molar-refractivity contribution in [3.05, 3.63) is 17.5 Å². The molecule has 0 amide bonds. The number of nitrogens with one attached hydrogen (secondary N) is 1. The summed E-state index contributed by atoms with van der Waals surface area (Å²) in [4.78, 5) is 0. The van der Waals surface area contributed by atoms with Gasteiger partial charge in [-0.2, -0.15) is 0 Å². The van der Waals surface area contributed by atoms with Crippen LogP contribution in [-0.2, 0) is 6.54 Å². The summed E-state index contributed by atoms with van der Waals surface area (Å²) in [5, 5.41) is 7.51. The third-order valence-electron chi connectivity index (χ3n) is 3.90. The van der Waals surface area contributed by atoms with E-state index in [-0.39, 0.29) is 0 Å². The van der Waals surface area contributed by atoms with Gasteiger partial charge in [-0.1, -0.05) is 31.8 Å². The molecule has 1 aliphatic rings. The Labute approximate surface area is 104 Å². The van der Waals surface area contributed by atoms with Gasteiger partial charge in [-0.15, -0.1) is 0 Å². The highest BCUT2D eigenvalue weighted by Crippen LogP contribution is 2.30. The Morgan fingerprint density at radius 3 is 2.94 bits per heavy atom. The zero-order chi connectivity index (χ0) is 12.3. The smallest absolute Gasteiger partial charge is 0.150 e. The monoisotopic (exact) mass is 236 g/mol. The first kappa shape index (κ1) is 12.6. The van der Waals surface area contributed by atoms with Gasteiger partial charge >= 0.3 is 0 Å². The number of aromatic nitrogens is 1. The molecule has 0 aromatic carbocycles. The van der Waals surface area contributed by atoms with Crippen LogP contribution in [0.3, 0.4) is 0 Å². The van der Waals surface area contributed by atoms with Crippen molar-refractivity contribution in [2.75, 3.05) is 0 Å². The molecule has 1 saturated carbocycles. The van der Waals surface area contributed by atoms with Crippen LogP contribution in [0, 0.1) is 18.8 Å². The summed E-state index contributed by atoms with van der Waals surface area (Å²) in [6, 6.07) is 2.66. The van der Waals surface area contributed by atoms with Crippen molar-refractivity contribution in [3.63, 3.8) is 0 Å². The van der Waals surface area contributed by atoms with E-state index in [2.05, 4.69) is 24.3 Å². The minimum absolute atomic E-state index is 0.654. The molecule has 0 saturated heterocycles. The molecule has 2 atom stereocenters. The second kappa shape index (κ2) is 5.67. The zero-order valence-corrected chi connectivity index (χ0v) is 11.2. The third kappa shape index (κ3) is 3.56. The predicted octanol–water partition coefficient (Wildman–Crippen LogP) is 3.29. The summed E-state index contributed by atoms with van der Waals surface area (Å²) in [6.07, 6.45) is 5.37. The molecule has 2 rings (SSSR count). The summed E-state index contributed by atoms with van der Waals surface area (Å²) < 4.78 is 5.22. The quantitative estimate of drug-likeness (QED) is 0.871. The van der Waals surface area contributed by atoms with Crippen molar-refractivity contribution in [3.8, 4) is 0 Å². The molecule has 1 fully saturated rings. The maximum absolute atomic E-state index is 5.22. The van der Waals surface area contributed by atoms with Crippen molar-refractivity contribution in [1.82, 2.24) is 10.5 Å². The molecule has 0 spiro atoms. The Morgan fingerprint density at radius 1 is 1.47 bits per heavy atom. The number of nitrogens with zero attached hydrogens (tertiary/aromatic N) is 1. The lowest BCUT2D eigenvalue weighted by atomic mass is 9.79. The lowest BCUT2D eigenvalue weighted by Crippen LogP contribution is -2.35. The van der Waals surface area contributed by atoms with Gasteiger partial charge in [-0.25, -0.2) is 0 Å². The highest BCUT2D eigenvalue weighted by Gasteiger charge is 2.23. The first-order valence-corrected chi connectivity index (χ1v) is 6.80. The second-order valence-electron chi connectivity index (χ2n) is 5.68. The highest BCUT2D eigenvalue weighted by atomic mass is 16.5. The van der Waals surface area contributed by atoms with E-state index in [4.69, 9.17) is 4.52 Å². The number of aryl methyl sites for hydroxylation is 1. The maximum Gasteiger partial charge on any atom is 0.150 e. The molecule has 1 heterocycles. The molecule has 3 heteroatoms. The minimum Gasteiger partial charge on any atom is -0.360 e. The largest absolute Gasteiger partial charge is 0.360 e. The van der Waals surface area contributed by atoms with E-state index in [0.717, 1.165) is 29.8 Å². The summed E-state index contributed by atoms with van der Waals surface area (Å²) in [5.41, 5.74) is 0.963. The van der Waals surface area contributed by atoms with Gasteiger partial charge in [0.1, 0.15) is 0 Å². The Morgan fingerprint density at radius 2 is 2.29 bits per heavy atom. The fourth-order valence-corrected chi connectivity index (χ4v) is 2.76. The van der Waals surface area contributed by atoms with Crippen LogP contribution in [-0.4, -0.2) is 11.2 Å². The van der Waals surface area contributed by atoms with Crippen molar-refractivity contribution in [2.45, 2.75) is 59.0 Å². The molecule has 1 N–H and O–H groups in total. The maximum atomic E-state index is 5.22. The lowest BCUT2D eigenvalue weighted by molar-refractivity contribution is 0.226. The molecule has 3 nitrogen and oxygen atoms in total. The van der Waals surface area contributed by atoms with Crippen LogP contribution < -0.4 is 5.32 Å². The molecule has 1 aliphatic carbocycles. The second-order valence-corrected chi connectivity index (χ2v) is 5.68. The minimum atomic E-state index is 0.654. The van der Waals surface area contributed by atoms with Crippen molar-refractivity contribution in [2.24, 2.45) is 11.8 Å². The Bertz CT molecular complexity index is 346. The van der Waals surface area contributed by atoms with Crippen LogP contribution in [0.5, 0.6) is 0 Å². The van der Waals surface area contributed by atoms with E-state index < -0.39 is 0 Å². The normalized spacial score (nSPS) is 25.4. The summed E-state index contributed by atoms with van der Waals surface area (Å²) in [7, 11) is 0. The molecule has 96 valence electrons. The summed E-state index contributed by atoms with van der Waals surface area (Å²) in [6.45, 7) is 7.46. The zero-order valence-electron chi connectivity index (χ0n) is 11.2. The SMILES string of the molecule is Cc1cc(CNC2CCCC(C(C)C)C2)on1. The highest BCUT2D eigenvalue weighted by molar-refractivity contribution is 5.02.